The van der Waals surface area contributed by atoms with E-state index < -0.39 is 17.9 Å². The molecule has 0 amide bonds. The van der Waals surface area contributed by atoms with Crippen LogP contribution in [0, 0.1) is 5.82 Å². The topological polar surface area (TPSA) is 125 Å². The quantitative estimate of drug-likeness (QED) is 0.461. The highest BCUT2D eigenvalue weighted by Crippen LogP contribution is 2.37. The average molecular weight is 443 g/mol. The summed E-state index contributed by atoms with van der Waals surface area (Å²) < 4.78 is 26.9. The van der Waals surface area contributed by atoms with Gasteiger partial charge in [0.2, 0.25) is 5.88 Å². The van der Waals surface area contributed by atoms with Crippen molar-refractivity contribution in [3.8, 4) is 22.8 Å². The van der Waals surface area contributed by atoms with E-state index in [1.54, 1.807) is 16.9 Å². The molecule has 10 heteroatoms. The Labute approximate surface area is 185 Å². The zero-order valence-electron chi connectivity index (χ0n) is 18.3. The van der Waals surface area contributed by atoms with Gasteiger partial charge in [-0.25, -0.2) is 14.2 Å². The van der Waals surface area contributed by atoms with Gasteiger partial charge < -0.3 is 25.6 Å². The van der Waals surface area contributed by atoms with E-state index in [1.165, 1.54) is 19.2 Å². The van der Waals surface area contributed by atoms with E-state index in [0.29, 0.717) is 30.0 Å². The molecule has 0 radical (unpaired) electrons. The van der Waals surface area contributed by atoms with Crippen molar-refractivity contribution < 1.29 is 23.8 Å². The van der Waals surface area contributed by atoms with Crippen LogP contribution in [0.3, 0.4) is 0 Å². The summed E-state index contributed by atoms with van der Waals surface area (Å²) in [6, 6.07) is 5.31. The van der Waals surface area contributed by atoms with E-state index >= 15 is 0 Å². The number of nitrogen functional groups attached to an aromatic ring is 1. The number of carbonyl (C=O) groups is 1. The van der Waals surface area contributed by atoms with E-state index in [4.69, 9.17) is 15.2 Å². The molecule has 0 fully saturated rings. The van der Waals surface area contributed by atoms with Gasteiger partial charge >= 0.3 is 5.97 Å². The first-order valence-electron chi connectivity index (χ1n) is 10.00. The number of aromatic carboxylic acids is 1. The summed E-state index contributed by atoms with van der Waals surface area (Å²) >= 11 is 0. The number of anilines is 1. The summed E-state index contributed by atoms with van der Waals surface area (Å²) in [5.74, 6) is -1.03. The fraction of sp³-hybridized carbons (Fsp3) is 0.318. The molecule has 1 atom stereocenters. The molecule has 0 aliphatic carbocycles. The van der Waals surface area contributed by atoms with Crippen LogP contribution in [0.15, 0.2) is 30.5 Å². The number of ether oxygens (including phenoxy) is 2. The van der Waals surface area contributed by atoms with Crippen molar-refractivity contribution in [3.63, 3.8) is 0 Å². The van der Waals surface area contributed by atoms with Gasteiger partial charge in [0.05, 0.1) is 23.9 Å². The van der Waals surface area contributed by atoms with E-state index in [9.17, 15) is 14.3 Å². The Kier molecular flexibility index (Phi) is 6.94. The van der Waals surface area contributed by atoms with Gasteiger partial charge in [-0.1, -0.05) is 13.0 Å². The lowest BCUT2D eigenvalue weighted by molar-refractivity contribution is 0.0690. The van der Waals surface area contributed by atoms with Crippen LogP contribution < -0.4 is 20.5 Å². The molecular formula is C22H26FN5O4. The van der Waals surface area contributed by atoms with Gasteiger partial charge in [0.25, 0.3) is 0 Å². The SMILES string of the molecule is CCC(Oc1cc(-c2c(OC)nn(C)c2CNC)cnc1N)c1ccc(F)cc1C(=O)O. The van der Waals surface area contributed by atoms with Crippen molar-refractivity contribution in [1.29, 1.82) is 0 Å². The lowest BCUT2D eigenvalue weighted by atomic mass is 10.00. The molecule has 3 rings (SSSR count). The van der Waals surface area contributed by atoms with Crippen LogP contribution in [0.4, 0.5) is 10.2 Å². The molecule has 170 valence electrons. The number of methoxy groups -OCH3 is 1. The minimum Gasteiger partial charge on any atom is -0.482 e. The highest BCUT2D eigenvalue weighted by Gasteiger charge is 2.23. The lowest BCUT2D eigenvalue weighted by Gasteiger charge is -2.21. The summed E-state index contributed by atoms with van der Waals surface area (Å²) in [5.41, 5.74) is 8.54. The molecular weight excluding hydrogens is 417 g/mol. The third kappa shape index (κ3) is 4.50. The Hall–Kier alpha value is -3.66. The number of carboxylic acid groups (broad SMARTS) is 1. The first kappa shape index (κ1) is 23.0. The molecule has 1 unspecified atom stereocenters. The van der Waals surface area contributed by atoms with E-state index in [0.717, 1.165) is 17.3 Å². The van der Waals surface area contributed by atoms with Gasteiger partial charge in [-0.15, -0.1) is 5.10 Å². The molecule has 0 aliphatic rings. The number of aromatic nitrogens is 3. The number of hydrogen-bond acceptors (Lipinski definition) is 7. The number of halogens is 1. The Bertz CT molecular complexity index is 1130. The third-order valence-electron chi connectivity index (χ3n) is 5.07. The number of hydrogen-bond donors (Lipinski definition) is 3. The van der Waals surface area contributed by atoms with Crippen molar-refractivity contribution in [2.75, 3.05) is 19.9 Å². The summed E-state index contributed by atoms with van der Waals surface area (Å²) in [5, 5.41) is 17.0. The molecule has 9 nitrogen and oxygen atoms in total. The zero-order chi connectivity index (χ0) is 23.4. The third-order valence-corrected chi connectivity index (χ3v) is 5.07. The maximum absolute atomic E-state index is 13.6. The molecule has 0 spiro atoms. The minimum absolute atomic E-state index is 0.143. The molecule has 0 saturated heterocycles. The van der Waals surface area contributed by atoms with E-state index in [-0.39, 0.29) is 17.1 Å². The summed E-state index contributed by atoms with van der Waals surface area (Å²) in [6.07, 6.45) is 1.35. The number of nitrogens with one attached hydrogen (secondary N) is 1. The average Bonchev–Trinajstić information content (AvgIpc) is 3.09. The van der Waals surface area contributed by atoms with E-state index in [2.05, 4.69) is 15.4 Å². The molecule has 3 aromatic rings. The highest BCUT2D eigenvalue weighted by atomic mass is 19.1. The first-order valence-corrected chi connectivity index (χ1v) is 10.00. The molecule has 0 bridgehead atoms. The fourth-order valence-electron chi connectivity index (χ4n) is 3.54. The Balaban J connectivity index is 2.05. The van der Waals surface area contributed by atoms with Crippen molar-refractivity contribution in [1.82, 2.24) is 20.1 Å². The number of benzene rings is 1. The summed E-state index contributed by atoms with van der Waals surface area (Å²) in [6.45, 7) is 2.38. The van der Waals surface area contributed by atoms with Crippen molar-refractivity contribution in [2.24, 2.45) is 7.05 Å². The molecule has 0 saturated carbocycles. The number of pyridine rings is 1. The van der Waals surface area contributed by atoms with Gasteiger partial charge in [-0.2, -0.15) is 0 Å². The number of nitrogens with zero attached hydrogens (tertiary/aromatic N) is 3. The smallest absolute Gasteiger partial charge is 0.336 e. The maximum Gasteiger partial charge on any atom is 0.336 e. The van der Waals surface area contributed by atoms with Crippen molar-refractivity contribution in [2.45, 2.75) is 26.0 Å². The van der Waals surface area contributed by atoms with Crippen LogP contribution in [-0.2, 0) is 13.6 Å². The van der Waals surface area contributed by atoms with E-state index in [1.807, 2.05) is 21.0 Å². The highest BCUT2D eigenvalue weighted by molar-refractivity contribution is 5.89. The Morgan fingerprint density at radius 3 is 2.75 bits per heavy atom. The van der Waals surface area contributed by atoms with Gasteiger partial charge in [-0.05, 0) is 31.7 Å². The van der Waals surface area contributed by atoms with Crippen LogP contribution in [0.2, 0.25) is 0 Å². The van der Waals surface area contributed by atoms with Crippen LogP contribution in [-0.4, -0.2) is 40.0 Å². The number of rotatable bonds is 9. The monoisotopic (exact) mass is 443 g/mol. The van der Waals surface area contributed by atoms with Gasteiger partial charge in [0, 0.05) is 30.9 Å². The van der Waals surface area contributed by atoms with Gasteiger partial charge in [-0.3, -0.25) is 4.68 Å². The van der Waals surface area contributed by atoms with Crippen molar-refractivity contribution >= 4 is 11.8 Å². The standard InChI is InChI=1S/C22H26FN5O4/c1-5-17(14-7-6-13(23)9-15(14)22(29)30)32-18-8-12(10-26-20(18)24)19-16(11-25-2)28(3)27-21(19)31-4/h6-10,17,25H,5,11H2,1-4H3,(H2,24,26)(H,29,30). The molecule has 0 aliphatic heterocycles. The van der Waals surface area contributed by atoms with Gasteiger partial charge in [0.15, 0.2) is 11.6 Å². The largest absolute Gasteiger partial charge is 0.482 e. The Morgan fingerprint density at radius 2 is 2.12 bits per heavy atom. The predicted octanol–water partition coefficient (Wildman–Crippen LogP) is 3.16. The van der Waals surface area contributed by atoms with Gasteiger partial charge in [0.1, 0.15) is 11.9 Å². The number of nitrogens with two attached hydrogens (primary N) is 1. The zero-order valence-corrected chi connectivity index (χ0v) is 18.3. The molecule has 32 heavy (non-hydrogen) atoms. The second-order valence-electron chi connectivity index (χ2n) is 7.14. The summed E-state index contributed by atoms with van der Waals surface area (Å²) in [4.78, 5) is 15.9. The molecule has 2 heterocycles. The molecule has 4 N–H and O–H groups in total. The fourth-order valence-corrected chi connectivity index (χ4v) is 3.54. The lowest BCUT2D eigenvalue weighted by Crippen LogP contribution is -2.14. The number of aryl methyl sites for hydroxylation is 1. The molecule has 2 aromatic heterocycles. The maximum atomic E-state index is 13.6. The van der Waals surface area contributed by atoms with Crippen molar-refractivity contribution in [3.05, 3.63) is 53.1 Å². The Morgan fingerprint density at radius 1 is 1.38 bits per heavy atom. The second kappa shape index (κ2) is 9.65. The first-order chi connectivity index (χ1) is 15.3. The van der Waals surface area contributed by atoms with Crippen LogP contribution in [0.1, 0.15) is 41.1 Å². The predicted molar refractivity (Wildman–Crippen MR) is 117 cm³/mol. The van der Waals surface area contributed by atoms with Crippen LogP contribution in [0.25, 0.3) is 11.1 Å². The normalized spacial score (nSPS) is 11.9. The molecule has 1 aromatic carbocycles. The minimum atomic E-state index is -1.24. The van der Waals surface area contributed by atoms with Crippen LogP contribution in [0.5, 0.6) is 11.6 Å². The summed E-state index contributed by atoms with van der Waals surface area (Å²) in [7, 11) is 5.18. The number of carboxylic acids is 1. The van der Waals surface area contributed by atoms with Crippen LogP contribution >= 0.6 is 0 Å². The second-order valence-corrected chi connectivity index (χ2v) is 7.14.